The third kappa shape index (κ3) is 3.89. The maximum absolute atomic E-state index is 13.2. The number of carbonyl (C=O) groups excluding carboxylic acids is 1. The van der Waals surface area contributed by atoms with Gasteiger partial charge < -0.3 is 4.90 Å². The smallest absolute Gasteiger partial charge is 0.338 e. The number of piperidine rings is 1. The summed E-state index contributed by atoms with van der Waals surface area (Å²) < 4.78 is 40.5. The summed E-state index contributed by atoms with van der Waals surface area (Å²) in [6, 6.07) is 4.43. The fourth-order valence-electron chi connectivity index (χ4n) is 2.99. The SMILES string of the molecule is CCCn1nc(-c2ccc(C(=O)N3CCCCC3)s2)cc1C(F)(F)F. The second-order valence-electron chi connectivity index (χ2n) is 6.15. The summed E-state index contributed by atoms with van der Waals surface area (Å²) in [6.45, 7) is 3.51. The van der Waals surface area contributed by atoms with Crippen molar-refractivity contribution in [2.24, 2.45) is 0 Å². The predicted octanol–water partition coefficient (Wildman–Crippen LogP) is 4.67. The second-order valence-corrected chi connectivity index (χ2v) is 7.24. The van der Waals surface area contributed by atoms with Crippen LogP contribution in [-0.2, 0) is 12.7 Å². The number of nitrogens with zero attached hydrogens (tertiary/aromatic N) is 3. The number of aromatic nitrogens is 2. The standard InChI is InChI=1S/C17H20F3N3OS/c1-2-8-23-15(17(18,19)20)11-12(21-23)13-6-7-14(25-13)16(24)22-9-4-3-5-10-22/h6-7,11H,2-5,8-10H2,1H3. The van der Waals surface area contributed by atoms with Gasteiger partial charge in [-0.05, 0) is 43.9 Å². The first kappa shape index (κ1) is 18.0. The molecule has 3 heterocycles. The highest BCUT2D eigenvalue weighted by molar-refractivity contribution is 7.17. The number of hydrogen-bond donors (Lipinski definition) is 0. The number of alkyl halides is 3. The highest BCUT2D eigenvalue weighted by Crippen LogP contribution is 2.35. The van der Waals surface area contributed by atoms with Gasteiger partial charge in [0.05, 0.1) is 9.75 Å². The van der Waals surface area contributed by atoms with E-state index in [1.54, 1.807) is 12.1 Å². The van der Waals surface area contributed by atoms with Gasteiger partial charge in [0, 0.05) is 19.6 Å². The van der Waals surface area contributed by atoms with Crippen LogP contribution in [0.3, 0.4) is 0 Å². The van der Waals surface area contributed by atoms with Gasteiger partial charge in [-0.25, -0.2) is 0 Å². The monoisotopic (exact) mass is 371 g/mol. The third-order valence-corrected chi connectivity index (χ3v) is 5.31. The lowest BCUT2D eigenvalue weighted by Gasteiger charge is -2.26. The first-order valence-corrected chi connectivity index (χ1v) is 9.26. The van der Waals surface area contributed by atoms with Gasteiger partial charge in [0.15, 0.2) is 0 Å². The summed E-state index contributed by atoms with van der Waals surface area (Å²) in [5.41, 5.74) is -0.481. The zero-order valence-electron chi connectivity index (χ0n) is 14.0. The minimum Gasteiger partial charge on any atom is -0.338 e. The van der Waals surface area contributed by atoms with Gasteiger partial charge in [0.25, 0.3) is 5.91 Å². The van der Waals surface area contributed by atoms with Crippen LogP contribution in [0.2, 0.25) is 0 Å². The van der Waals surface area contributed by atoms with E-state index < -0.39 is 11.9 Å². The van der Waals surface area contributed by atoms with E-state index in [-0.39, 0.29) is 18.1 Å². The van der Waals surface area contributed by atoms with Crippen LogP contribution in [0.4, 0.5) is 13.2 Å². The van der Waals surface area contributed by atoms with Crippen LogP contribution in [0.1, 0.15) is 48.0 Å². The van der Waals surface area contributed by atoms with Crippen LogP contribution >= 0.6 is 11.3 Å². The van der Waals surface area contributed by atoms with E-state index in [4.69, 9.17) is 0 Å². The van der Waals surface area contributed by atoms with Crippen molar-refractivity contribution in [2.75, 3.05) is 13.1 Å². The number of amides is 1. The quantitative estimate of drug-likeness (QED) is 0.784. The van der Waals surface area contributed by atoms with Crippen LogP contribution in [0, 0.1) is 0 Å². The molecule has 0 bridgehead atoms. The van der Waals surface area contributed by atoms with Crippen LogP contribution < -0.4 is 0 Å². The lowest BCUT2D eigenvalue weighted by molar-refractivity contribution is -0.144. The number of halogens is 3. The van der Waals surface area contributed by atoms with Gasteiger partial charge in [0.2, 0.25) is 0 Å². The molecule has 1 amide bonds. The van der Waals surface area contributed by atoms with Crippen molar-refractivity contribution in [1.82, 2.24) is 14.7 Å². The zero-order chi connectivity index (χ0) is 18.0. The van der Waals surface area contributed by atoms with Crippen molar-refractivity contribution >= 4 is 17.2 Å². The van der Waals surface area contributed by atoms with Gasteiger partial charge in [-0.3, -0.25) is 9.48 Å². The molecule has 8 heteroatoms. The number of thiophene rings is 1. The maximum Gasteiger partial charge on any atom is 0.433 e. The average Bonchev–Trinajstić information content (AvgIpc) is 3.22. The Bertz CT molecular complexity index is 745. The molecule has 2 aromatic heterocycles. The molecule has 2 aromatic rings. The highest BCUT2D eigenvalue weighted by atomic mass is 32.1. The molecule has 0 radical (unpaired) electrons. The Morgan fingerprint density at radius 3 is 2.60 bits per heavy atom. The highest BCUT2D eigenvalue weighted by Gasteiger charge is 2.36. The predicted molar refractivity (Wildman–Crippen MR) is 90.6 cm³/mol. The summed E-state index contributed by atoms with van der Waals surface area (Å²) in [4.78, 5) is 15.5. The van der Waals surface area contributed by atoms with Crippen LogP contribution in [-0.4, -0.2) is 33.7 Å². The Kier molecular flexibility index (Phi) is 5.17. The Balaban J connectivity index is 1.85. The lowest BCUT2D eigenvalue weighted by atomic mass is 10.1. The summed E-state index contributed by atoms with van der Waals surface area (Å²) in [6.07, 6.45) is -0.743. The molecular weight excluding hydrogens is 351 g/mol. The number of carbonyl (C=O) groups is 1. The first-order chi connectivity index (χ1) is 11.9. The molecule has 1 aliphatic rings. The molecule has 25 heavy (non-hydrogen) atoms. The van der Waals surface area contributed by atoms with Crippen LogP contribution in [0.5, 0.6) is 0 Å². The molecule has 136 valence electrons. The molecule has 0 spiro atoms. The molecule has 0 atom stereocenters. The number of rotatable bonds is 4. The van der Waals surface area contributed by atoms with E-state index in [9.17, 15) is 18.0 Å². The summed E-state index contributed by atoms with van der Waals surface area (Å²) in [5, 5.41) is 4.10. The molecule has 0 N–H and O–H groups in total. The molecule has 1 fully saturated rings. The van der Waals surface area contributed by atoms with E-state index in [2.05, 4.69) is 5.10 Å². The van der Waals surface area contributed by atoms with E-state index in [1.807, 2.05) is 11.8 Å². The van der Waals surface area contributed by atoms with Crippen molar-refractivity contribution in [3.05, 3.63) is 28.8 Å². The molecule has 1 aliphatic heterocycles. The zero-order valence-corrected chi connectivity index (χ0v) is 14.8. The van der Waals surface area contributed by atoms with Crippen molar-refractivity contribution < 1.29 is 18.0 Å². The van der Waals surface area contributed by atoms with Crippen LogP contribution in [0.15, 0.2) is 18.2 Å². The largest absolute Gasteiger partial charge is 0.433 e. The fourth-order valence-corrected chi connectivity index (χ4v) is 3.92. The van der Waals surface area contributed by atoms with Gasteiger partial charge in [-0.1, -0.05) is 6.92 Å². The van der Waals surface area contributed by atoms with Gasteiger partial charge in [-0.2, -0.15) is 18.3 Å². The number of hydrogen-bond acceptors (Lipinski definition) is 3. The Morgan fingerprint density at radius 2 is 1.96 bits per heavy atom. The lowest BCUT2D eigenvalue weighted by Crippen LogP contribution is -2.35. The Labute approximate surface area is 148 Å². The van der Waals surface area contributed by atoms with E-state index in [0.717, 1.165) is 43.1 Å². The Hall–Kier alpha value is -1.83. The first-order valence-electron chi connectivity index (χ1n) is 8.44. The van der Waals surface area contributed by atoms with Crippen molar-refractivity contribution in [3.8, 4) is 10.6 Å². The van der Waals surface area contributed by atoms with Gasteiger partial charge in [0.1, 0.15) is 11.4 Å². The third-order valence-electron chi connectivity index (χ3n) is 4.22. The maximum atomic E-state index is 13.2. The molecule has 3 rings (SSSR count). The van der Waals surface area contributed by atoms with Crippen molar-refractivity contribution in [3.63, 3.8) is 0 Å². The topological polar surface area (TPSA) is 38.1 Å². The Morgan fingerprint density at radius 1 is 1.24 bits per heavy atom. The average molecular weight is 371 g/mol. The van der Waals surface area contributed by atoms with Crippen LogP contribution in [0.25, 0.3) is 10.6 Å². The van der Waals surface area contributed by atoms with Crippen molar-refractivity contribution in [1.29, 1.82) is 0 Å². The van der Waals surface area contributed by atoms with E-state index in [0.29, 0.717) is 16.2 Å². The molecule has 4 nitrogen and oxygen atoms in total. The van der Waals surface area contributed by atoms with E-state index >= 15 is 0 Å². The minimum absolute atomic E-state index is 0.0417. The minimum atomic E-state index is -4.44. The molecule has 0 aromatic carbocycles. The number of aryl methyl sites for hydroxylation is 1. The normalized spacial score (nSPS) is 15.6. The number of likely N-dealkylation sites (tertiary alicyclic amines) is 1. The molecule has 1 saturated heterocycles. The summed E-state index contributed by atoms with van der Waals surface area (Å²) >= 11 is 1.20. The summed E-state index contributed by atoms with van der Waals surface area (Å²) in [7, 11) is 0. The molecule has 0 unspecified atom stereocenters. The van der Waals surface area contributed by atoms with Crippen molar-refractivity contribution in [2.45, 2.75) is 45.3 Å². The summed E-state index contributed by atoms with van der Waals surface area (Å²) in [5.74, 6) is -0.0417. The molecule has 0 aliphatic carbocycles. The van der Waals surface area contributed by atoms with Gasteiger partial charge >= 0.3 is 6.18 Å². The molecule has 0 saturated carbocycles. The van der Waals surface area contributed by atoms with Gasteiger partial charge in [-0.15, -0.1) is 11.3 Å². The fraction of sp³-hybridized carbons (Fsp3) is 0.529. The van der Waals surface area contributed by atoms with E-state index in [1.165, 1.54) is 11.3 Å². The second kappa shape index (κ2) is 7.19. The molecular formula is C17H20F3N3OS.